The Labute approximate surface area is 97.1 Å². The molecule has 1 aromatic heterocycles. The second kappa shape index (κ2) is 6.98. The summed E-state index contributed by atoms with van der Waals surface area (Å²) in [6, 6.07) is 0. The molecule has 16 heavy (non-hydrogen) atoms. The lowest BCUT2D eigenvalue weighted by molar-refractivity contribution is -0.120. The van der Waals surface area contributed by atoms with Gasteiger partial charge in [-0.3, -0.25) is 9.89 Å². The molecule has 2 rings (SSSR count). The van der Waals surface area contributed by atoms with Gasteiger partial charge in [0.2, 0.25) is 5.91 Å². The number of nitrogens with zero attached hydrogens (tertiary/aromatic N) is 2. The molecule has 0 spiro atoms. The van der Waals surface area contributed by atoms with Crippen molar-refractivity contribution < 1.29 is 4.79 Å². The first kappa shape index (κ1) is 14.6. The lowest BCUT2D eigenvalue weighted by atomic mass is 10.2. The molecule has 1 aliphatic rings. The van der Waals surface area contributed by atoms with Crippen molar-refractivity contribution in [2.45, 2.75) is 53.0 Å². The average Bonchev–Trinajstić information content (AvgIpc) is 2.88. The van der Waals surface area contributed by atoms with Crippen molar-refractivity contribution >= 4 is 5.91 Å². The predicted octanol–water partition coefficient (Wildman–Crippen LogP) is 1.98. The number of amides is 1. The molecule has 2 N–H and O–H groups in total. The minimum atomic E-state index is -0.234. The lowest BCUT2D eigenvalue weighted by Crippen LogP contribution is -2.33. The molecule has 1 heterocycles. The van der Waals surface area contributed by atoms with Gasteiger partial charge in [-0.2, -0.15) is 5.10 Å². The number of carbonyl (C=O) groups is 1. The van der Waals surface area contributed by atoms with Crippen LogP contribution in [0.1, 0.15) is 53.3 Å². The van der Waals surface area contributed by atoms with E-state index in [9.17, 15) is 4.79 Å². The van der Waals surface area contributed by atoms with Crippen molar-refractivity contribution in [3.05, 3.63) is 12.2 Å². The highest BCUT2D eigenvalue weighted by atomic mass is 16.1. The molecular weight excluding hydrogens is 204 g/mol. The zero-order chi connectivity index (χ0) is 12.6. The van der Waals surface area contributed by atoms with Crippen molar-refractivity contribution in [2.24, 2.45) is 0 Å². The minimum absolute atomic E-state index is 0.0242. The van der Waals surface area contributed by atoms with Gasteiger partial charge in [-0.05, 0) is 12.8 Å². The van der Waals surface area contributed by atoms with Crippen molar-refractivity contribution in [3.8, 4) is 0 Å². The molecule has 0 aromatic carbocycles. The summed E-state index contributed by atoms with van der Waals surface area (Å²) in [4.78, 5) is 14.8. The summed E-state index contributed by atoms with van der Waals surface area (Å²) in [5.41, 5.74) is -0.234. The van der Waals surface area contributed by atoms with E-state index in [0.29, 0.717) is 0 Å². The normalized spacial score (nSPS) is 14.8. The third-order valence-electron chi connectivity index (χ3n) is 2.03. The highest BCUT2D eigenvalue weighted by molar-refractivity contribution is 5.74. The molecule has 1 aromatic rings. The molecular formula is C11H22N4O. The molecule has 0 aliphatic heterocycles. The fraction of sp³-hybridized carbons (Fsp3) is 0.727. The molecule has 0 atom stereocenters. The van der Waals surface area contributed by atoms with Gasteiger partial charge in [0, 0.05) is 6.92 Å². The second-order valence-corrected chi connectivity index (χ2v) is 3.10. The fourth-order valence-electron chi connectivity index (χ4n) is 1.32. The van der Waals surface area contributed by atoms with Crippen LogP contribution in [-0.2, 0) is 10.3 Å². The van der Waals surface area contributed by atoms with Crippen LogP contribution >= 0.6 is 0 Å². The molecule has 0 saturated heterocycles. The van der Waals surface area contributed by atoms with Gasteiger partial charge >= 0.3 is 0 Å². The summed E-state index contributed by atoms with van der Waals surface area (Å²) in [6.45, 7) is 9.51. The van der Waals surface area contributed by atoms with Gasteiger partial charge < -0.3 is 5.32 Å². The van der Waals surface area contributed by atoms with Gasteiger partial charge in [-0.25, -0.2) is 4.98 Å². The number of rotatable bonds is 2. The monoisotopic (exact) mass is 226 g/mol. The number of aromatic amines is 1. The SMILES string of the molecule is CC.CC.CC(=O)NC1(c2ncn[nH]2)CC1. The van der Waals surface area contributed by atoms with Crippen molar-refractivity contribution in [2.75, 3.05) is 0 Å². The van der Waals surface area contributed by atoms with E-state index in [1.807, 2.05) is 27.7 Å². The summed E-state index contributed by atoms with van der Waals surface area (Å²) in [7, 11) is 0. The molecule has 5 heteroatoms. The molecule has 92 valence electrons. The maximum absolute atomic E-state index is 10.8. The highest BCUT2D eigenvalue weighted by Gasteiger charge is 2.47. The number of hydrogen-bond acceptors (Lipinski definition) is 3. The molecule has 5 nitrogen and oxygen atoms in total. The first-order valence-corrected chi connectivity index (χ1v) is 5.87. The van der Waals surface area contributed by atoms with Crippen LogP contribution in [0.3, 0.4) is 0 Å². The van der Waals surface area contributed by atoms with Crippen LogP contribution in [-0.4, -0.2) is 21.1 Å². The molecule has 1 aliphatic carbocycles. The summed E-state index contributed by atoms with van der Waals surface area (Å²) < 4.78 is 0. The number of carbonyl (C=O) groups excluding carboxylic acids is 1. The quantitative estimate of drug-likeness (QED) is 0.810. The summed E-state index contributed by atoms with van der Waals surface area (Å²) in [5, 5.41) is 9.38. The van der Waals surface area contributed by atoms with Crippen molar-refractivity contribution in [3.63, 3.8) is 0 Å². The number of hydrogen-bond donors (Lipinski definition) is 2. The summed E-state index contributed by atoms with van der Waals surface area (Å²) >= 11 is 0. The third kappa shape index (κ3) is 3.64. The van der Waals surface area contributed by atoms with Gasteiger partial charge in [0.25, 0.3) is 0 Å². The second-order valence-electron chi connectivity index (χ2n) is 3.10. The Morgan fingerprint density at radius 2 is 1.94 bits per heavy atom. The van der Waals surface area contributed by atoms with Crippen LogP contribution < -0.4 is 5.32 Å². The fourth-order valence-corrected chi connectivity index (χ4v) is 1.32. The van der Waals surface area contributed by atoms with Crippen molar-refractivity contribution in [1.82, 2.24) is 20.5 Å². The van der Waals surface area contributed by atoms with E-state index in [2.05, 4.69) is 20.5 Å². The van der Waals surface area contributed by atoms with Gasteiger partial charge in [-0.1, -0.05) is 27.7 Å². The van der Waals surface area contributed by atoms with Crippen LogP contribution in [0.2, 0.25) is 0 Å². The van der Waals surface area contributed by atoms with E-state index >= 15 is 0 Å². The van der Waals surface area contributed by atoms with Crippen LogP contribution in [0, 0.1) is 0 Å². The van der Waals surface area contributed by atoms with E-state index in [4.69, 9.17) is 0 Å². The van der Waals surface area contributed by atoms with E-state index in [0.717, 1.165) is 18.7 Å². The zero-order valence-corrected chi connectivity index (χ0v) is 10.8. The Kier molecular flexibility index (Phi) is 6.37. The van der Waals surface area contributed by atoms with E-state index < -0.39 is 0 Å². The van der Waals surface area contributed by atoms with E-state index in [1.54, 1.807) is 0 Å². The number of nitrogens with one attached hydrogen (secondary N) is 2. The topological polar surface area (TPSA) is 70.7 Å². The smallest absolute Gasteiger partial charge is 0.217 e. The molecule has 1 saturated carbocycles. The van der Waals surface area contributed by atoms with Crippen LogP contribution in [0.5, 0.6) is 0 Å². The highest BCUT2D eigenvalue weighted by Crippen LogP contribution is 2.43. The van der Waals surface area contributed by atoms with Crippen LogP contribution in [0.4, 0.5) is 0 Å². The van der Waals surface area contributed by atoms with Gasteiger partial charge in [0.05, 0.1) is 5.54 Å². The van der Waals surface area contributed by atoms with Gasteiger partial charge in [0.15, 0.2) is 0 Å². The Balaban J connectivity index is 0.000000509. The first-order chi connectivity index (χ1) is 7.73. The zero-order valence-electron chi connectivity index (χ0n) is 10.8. The molecule has 1 amide bonds. The maximum Gasteiger partial charge on any atom is 0.217 e. The standard InChI is InChI=1S/C7H10N4O.2C2H6/c1-5(12)10-7(2-3-7)6-8-4-9-11-6;2*1-2/h4H,2-3H2,1H3,(H,10,12)(H,8,9,11);2*1-2H3. The predicted molar refractivity (Wildman–Crippen MR) is 63.8 cm³/mol. The molecule has 1 fully saturated rings. The van der Waals surface area contributed by atoms with Crippen LogP contribution in [0.15, 0.2) is 6.33 Å². The number of H-pyrrole nitrogens is 1. The van der Waals surface area contributed by atoms with Crippen molar-refractivity contribution in [1.29, 1.82) is 0 Å². The minimum Gasteiger partial charge on any atom is -0.344 e. The van der Waals surface area contributed by atoms with Crippen LogP contribution in [0.25, 0.3) is 0 Å². The first-order valence-electron chi connectivity index (χ1n) is 5.87. The number of aromatic nitrogens is 3. The summed E-state index contributed by atoms with van der Waals surface area (Å²) in [6.07, 6.45) is 3.35. The van der Waals surface area contributed by atoms with Gasteiger partial charge in [-0.15, -0.1) is 0 Å². The lowest BCUT2D eigenvalue weighted by Gasteiger charge is -2.11. The van der Waals surface area contributed by atoms with E-state index in [-0.39, 0.29) is 11.4 Å². The molecule has 0 bridgehead atoms. The largest absolute Gasteiger partial charge is 0.344 e. The Morgan fingerprint density at radius 3 is 2.25 bits per heavy atom. The average molecular weight is 226 g/mol. The molecule has 0 unspecified atom stereocenters. The van der Waals surface area contributed by atoms with Gasteiger partial charge in [0.1, 0.15) is 12.2 Å². The molecule has 0 radical (unpaired) electrons. The Morgan fingerprint density at radius 1 is 1.38 bits per heavy atom. The Bertz CT molecular complexity index is 291. The maximum atomic E-state index is 10.8. The Hall–Kier alpha value is -1.39. The summed E-state index contributed by atoms with van der Waals surface area (Å²) in [5.74, 6) is 0.738. The van der Waals surface area contributed by atoms with E-state index in [1.165, 1.54) is 13.3 Å². The third-order valence-corrected chi connectivity index (χ3v) is 2.03.